The molecule has 3 amide bonds. The van der Waals surface area contributed by atoms with Crippen LogP contribution < -0.4 is 16.0 Å². The monoisotopic (exact) mass is 583 g/mol. The van der Waals surface area contributed by atoms with Gasteiger partial charge < -0.3 is 25.8 Å². The van der Waals surface area contributed by atoms with E-state index in [1.54, 1.807) is 73.9 Å². The maximum atomic E-state index is 13.5. The van der Waals surface area contributed by atoms with E-state index in [4.69, 9.17) is 4.74 Å². The van der Waals surface area contributed by atoms with Gasteiger partial charge in [0.1, 0.15) is 18.3 Å². The quantitative estimate of drug-likeness (QED) is 0.169. The second kappa shape index (κ2) is 15.1. The Morgan fingerprint density at radius 1 is 0.953 bits per heavy atom. The summed E-state index contributed by atoms with van der Waals surface area (Å²) in [6.45, 7) is 1.86. The van der Waals surface area contributed by atoms with Crippen LogP contribution in [0.4, 0.5) is 10.5 Å². The normalized spacial score (nSPS) is 12.1. The highest BCUT2D eigenvalue weighted by molar-refractivity contribution is 6.01. The van der Waals surface area contributed by atoms with E-state index in [2.05, 4.69) is 25.9 Å². The molecule has 0 saturated heterocycles. The number of fused-ring (bicyclic) bond motifs is 1. The first kappa shape index (κ1) is 30.6. The summed E-state index contributed by atoms with van der Waals surface area (Å²) in [5, 5.41) is 18.5. The molecule has 0 fully saturated rings. The van der Waals surface area contributed by atoms with Crippen molar-refractivity contribution in [2.75, 3.05) is 11.9 Å². The van der Waals surface area contributed by atoms with Gasteiger partial charge >= 0.3 is 12.1 Å². The van der Waals surface area contributed by atoms with Crippen LogP contribution in [-0.4, -0.2) is 51.5 Å². The molecular formula is C32H33N5O6. The predicted octanol–water partition coefficient (Wildman–Crippen LogP) is 4.34. The van der Waals surface area contributed by atoms with Crippen LogP contribution in [0.3, 0.4) is 0 Å². The Morgan fingerprint density at radius 3 is 2.53 bits per heavy atom. The summed E-state index contributed by atoms with van der Waals surface area (Å²) in [5.74, 6) is -2.61. The number of nitrogens with zero attached hydrogens (tertiary/aromatic N) is 2. The molecule has 0 radical (unpaired) electrons. The number of hydrogen-bond donors (Lipinski definition) is 4. The molecule has 4 rings (SSSR count). The highest BCUT2D eigenvalue weighted by Crippen LogP contribution is 2.20. The first-order valence-electron chi connectivity index (χ1n) is 13.9. The van der Waals surface area contributed by atoms with Crippen molar-refractivity contribution in [2.24, 2.45) is 5.92 Å². The van der Waals surface area contributed by atoms with Crippen molar-refractivity contribution in [1.82, 2.24) is 20.6 Å². The summed E-state index contributed by atoms with van der Waals surface area (Å²) in [7, 11) is 0. The van der Waals surface area contributed by atoms with Crippen molar-refractivity contribution in [1.29, 1.82) is 0 Å². The second-order valence-corrected chi connectivity index (χ2v) is 10.0. The van der Waals surface area contributed by atoms with Crippen LogP contribution in [0.1, 0.15) is 41.4 Å². The lowest BCUT2D eigenvalue weighted by molar-refractivity contribution is -0.141. The molecule has 0 aliphatic rings. The number of alkyl carbamates (subject to hydrolysis) is 1. The zero-order chi connectivity index (χ0) is 30.6. The Balaban J connectivity index is 1.42. The van der Waals surface area contributed by atoms with Crippen LogP contribution in [0, 0.1) is 5.92 Å². The van der Waals surface area contributed by atoms with Crippen molar-refractivity contribution >= 4 is 40.5 Å². The fourth-order valence-electron chi connectivity index (χ4n) is 4.33. The molecule has 2 atom stereocenters. The van der Waals surface area contributed by atoms with Gasteiger partial charge in [0.25, 0.3) is 5.91 Å². The van der Waals surface area contributed by atoms with E-state index in [0.717, 1.165) is 10.9 Å². The lowest BCUT2D eigenvalue weighted by Gasteiger charge is -2.20. The molecule has 2 heterocycles. The topological polar surface area (TPSA) is 160 Å². The molecular weight excluding hydrogens is 550 g/mol. The average molecular weight is 584 g/mol. The van der Waals surface area contributed by atoms with Crippen LogP contribution in [0.15, 0.2) is 85.2 Å². The number of aliphatic carboxylic acids is 1. The number of benzene rings is 2. The summed E-state index contributed by atoms with van der Waals surface area (Å²) in [6, 6.07) is 20.3. The van der Waals surface area contributed by atoms with Crippen molar-refractivity contribution in [3.05, 3.63) is 102 Å². The van der Waals surface area contributed by atoms with Gasteiger partial charge in [-0.3, -0.25) is 19.4 Å². The van der Waals surface area contributed by atoms with E-state index in [-0.39, 0.29) is 31.7 Å². The fraction of sp³-hybridized carbons (Fsp3) is 0.250. The Hall–Kier alpha value is -5.32. The van der Waals surface area contributed by atoms with Gasteiger partial charge in [0, 0.05) is 35.6 Å². The van der Waals surface area contributed by atoms with Crippen LogP contribution >= 0.6 is 0 Å². The summed E-state index contributed by atoms with van der Waals surface area (Å²) in [4.78, 5) is 58.6. The maximum absolute atomic E-state index is 13.5. The first-order chi connectivity index (χ1) is 20.8. The molecule has 2 aromatic heterocycles. The number of para-hydroxylation sites is 2. The third kappa shape index (κ3) is 9.09. The van der Waals surface area contributed by atoms with E-state index in [1.807, 2.05) is 18.2 Å². The zero-order valence-corrected chi connectivity index (χ0v) is 23.7. The van der Waals surface area contributed by atoms with Gasteiger partial charge in [-0.2, -0.15) is 0 Å². The van der Waals surface area contributed by atoms with E-state index in [0.29, 0.717) is 23.2 Å². The number of carboxylic acid groups (broad SMARTS) is 1. The summed E-state index contributed by atoms with van der Waals surface area (Å²) < 4.78 is 5.19. The van der Waals surface area contributed by atoms with Gasteiger partial charge in [0.05, 0.1) is 11.4 Å². The van der Waals surface area contributed by atoms with E-state index < -0.39 is 35.8 Å². The molecule has 0 aliphatic carbocycles. The van der Waals surface area contributed by atoms with E-state index in [9.17, 15) is 24.3 Å². The van der Waals surface area contributed by atoms with Gasteiger partial charge in [-0.1, -0.05) is 55.5 Å². The number of pyridine rings is 2. The van der Waals surface area contributed by atoms with Crippen LogP contribution in [0.5, 0.6) is 0 Å². The van der Waals surface area contributed by atoms with Crippen molar-refractivity contribution in [3.8, 4) is 0 Å². The zero-order valence-electron chi connectivity index (χ0n) is 23.7. The maximum Gasteiger partial charge on any atom is 0.407 e. The van der Waals surface area contributed by atoms with Crippen LogP contribution in [0.2, 0.25) is 0 Å². The number of rotatable bonds is 13. The molecule has 4 N–H and O–H groups in total. The van der Waals surface area contributed by atoms with E-state index in [1.165, 1.54) is 0 Å². The van der Waals surface area contributed by atoms with Crippen molar-refractivity contribution in [2.45, 2.75) is 38.8 Å². The largest absolute Gasteiger partial charge is 0.481 e. The smallest absolute Gasteiger partial charge is 0.407 e. The number of anilines is 1. The Kier molecular flexibility index (Phi) is 10.7. The first-order valence-corrected chi connectivity index (χ1v) is 13.9. The summed E-state index contributed by atoms with van der Waals surface area (Å²) in [6.07, 6.45) is 3.38. The lowest BCUT2D eigenvalue weighted by Crippen LogP contribution is -2.44. The molecule has 2 aromatic carbocycles. The molecule has 0 saturated carbocycles. The molecule has 4 aromatic rings. The van der Waals surface area contributed by atoms with Gasteiger partial charge in [-0.25, -0.2) is 9.78 Å². The fourth-order valence-corrected chi connectivity index (χ4v) is 4.33. The number of hydrogen-bond acceptors (Lipinski definition) is 7. The minimum atomic E-state index is -0.973. The Morgan fingerprint density at radius 2 is 1.74 bits per heavy atom. The lowest BCUT2D eigenvalue weighted by atomic mass is 9.99. The van der Waals surface area contributed by atoms with E-state index >= 15 is 0 Å². The second-order valence-electron chi connectivity index (χ2n) is 10.0. The molecule has 1 unspecified atom stereocenters. The number of carboxylic acids is 1. The third-order valence-electron chi connectivity index (χ3n) is 6.71. The van der Waals surface area contributed by atoms with Crippen molar-refractivity contribution in [3.63, 3.8) is 0 Å². The number of aromatic nitrogens is 2. The Bertz CT molecular complexity index is 1580. The van der Waals surface area contributed by atoms with Crippen LogP contribution in [0.25, 0.3) is 10.9 Å². The molecule has 222 valence electrons. The molecule has 43 heavy (non-hydrogen) atoms. The van der Waals surface area contributed by atoms with Gasteiger partial charge in [-0.05, 0) is 49.1 Å². The molecule has 11 heteroatoms. The van der Waals surface area contributed by atoms with Gasteiger partial charge in [-0.15, -0.1) is 0 Å². The molecule has 0 aliphatic heterocycles. The van der Waals surface area contributed by atoms with Gasteiger partial charge in [0.15, 0.2) is 0 Å². The minimum Gasteiger partial charge on any atom is -0.481 e. The van der Waals surface area contributed by atoms with Gasteiger partial charge in [0.2, 0.25) is 5.91 Å². The number of amides is 3. The highest BCUT2D eigenvalue weighted by atomic mass is 16.5. The predicted molar refractivity (Wildman–Crippen MR) is 160 cm³/mol. The van der Waals surface area contributed by atoms with Crippen molar-refractivity contribution < 1.29 is 29.0 Å². The standard InChI is InChI=1S/C32H33N5O6/c1-21(31(40)41)18-24-10-3-5-12-26(24)36-29(38)27(13-7-17-34-32(42)43-20-22-8-6-16-33-19-22)37-30(39)28-15-14-23-9-2-4-11-25(23)35-28/h2-6,8-12,14-16,19,21,27H,7,13,17-18,20H2,1H3,(H,34,42)(H,36,38)(H,37,39)(H,40,41)/t21?,27-/m0/s1. The molecule has 11 nitrogen and oxygen atoms in total. The number of nitrogens with one attached hydrogen (secondary N) is 3. The highest BCUT2D eigenvalue weighted by Gasteiger charge is 2.24. The number of ether oxygens (including phenoxy) is 1. The summed E-state index contributed by atoms with van der Waals surface area (Å²) in [5.41, 5.74) is 2.67. The minimum absolute atomic E-state index is 0.0689. The Labute approximate surface area is 248 Å². The third-order valence-corrected chi connectivity index (χ3v) is 6.71. The number of carbonyl (C=O) groups is 4. The number of carbonyl (C=O) groups excluding carboxylic acids is 3. The SMILES string of the molecule is CC(Cc1ccccc1NC(=O)[C@H](CCCNC(=O)OCc1cccnc1)NC(=O)c1ccc2ccccc2n1)C(=O)O. The molecule has 0 spiro atoms. The average Bonchev–Trinajstić information content (AvgIpc) is 3.02. The van der Waals surface area contributed by atoms with Crippen LogP contribution in [-0.2, 0) is 27.4 Å². The molecule has 0 bridgehead atoms. The summed E-state index contributed by atoms with van der Waals surface area (Å²) >= 11 is 0.